The summed E-state index contributed by atoms with van der Waals surface area (Å²) in [7, 11) is 0. The van der Waals surface area contributed by atoms with E-state index < -0.39 is 5.82 Å². The highest BCUT2D eigenvalue weighted by Crippen LogP contribution is 2.29. The minimum atomic E-state index is -0.393. The number of hydrogen-bond donors (Lipinski definition) is 0. The predicted octanol–water partition coefficient (Wildman–Crippen LogP) is 3.72. The highest BCUT2D eigenvalue weighted by molar-refractivity contribution is 7.08. The average molecular weight is 387 g/mol. The van der Waals surface area contributed by atoms with Gasteiger partial charge in [-0.15, -0.1) is 10.2 Å². The number of nitrogens with zero attached hydrogens (tertiary/aromatic N) is 3. The maximum absolute atomic E-state index is 13.2. The Hall–Kier alpha value is -2.74. The fourth-order valence-electron chi connectivity index (χ4n) is 3.10. The first-order valence-corrected chi connectivity index (χ1v) is 9.65. The number of benzene rings is 1. The van der Waals surface area contributed by atoms with E-state index >= 15 is 0 Å². The van der Waals surface area contributed by atoms with E-state index in [9.17, 15) is 9.18 Å². The zero-order valence-corrected chi connectivity index (χ0v) is 15.3. The lowest BCUT2D eigenvalue weighted by Gasteiger charge is -2.31. The summed E-state index contributed by atoms with van der Waals surface area (Å²) in [5.41, 5.74) is 0.908. The largest absolute Gasteiger partial charge is 0.484 e. The Morgan fingerprint density at radius 1 is 1.37 bits per heavy atom. The molecule has 1 saturated heterocycles. The molecule has 27 heavy (non-hydrogen) atoms. The highest BCUT2D eigenvalue weighted by Gasteiger charge is 2.28. The van der Waals surface area contributed by atoms with Crippen LogP contribution in [0, 0.1) is 5.82 Å². The molecule has 1 unspecified atom stereocenters. The van der Waals surface area contributed by atoms with Gasteiger partial charge in [0.15, 0.2) is 6.61 Å². The number of ether oxygens (including phenoxy) is 1. The SMILES string of the molecule is O=C(COc1cccc(F)c1)N1CCCC(c2nnc(-c3ccsc3)o2)C1. The maximum atomic E-state index is 13.2. The van der Waals surface area contributed by atoms with Crippen molar-refractivity contribution in [3.63, 3.8) is 0 Å². The summed E-state index contributed by atoms with van der Waals surface area (Å²) < 4.78 is 24.4. The zero-order valence-electron chi connectivity index (χ0n) is 14.5. The molecule has 1 aromatic carbocycles. The first-order chi connectivity index (χ1) is 13.2. The van der Waals surface area contributed by atoms with Crippen molar-refractivity contribution < 1.29 is 18.3 Å². The molecule has 0 saturated carbocycles. The second-order valence-corrected chi connectivity index (χ2v) is 7.16. The number of carbonyl (C=O) groups is 1. The minimum Gasteiger partial charge on any atom is -0.484 e. The first-order valence-electron chi connectivity index (χ1n) is 8.71. The molecule has 0 aliphatic carbocycles. The molecule has 1 fully saturated rings. The van der Waals surface area contributed by atoms with E-state index in [-0.39, 0.29) is 18.4 Å². The van der Waals surface area contributed by atoms with Gasteiger partial charge in [-0.25, -0.2) is 4.39 Å². The normalized spacial score (nSPS) is 17.1. The molecule has 1 aliphatic rings. The summed E-state index contributed by atoms with van der Waals surface area (Å²) in [6.07, 6.45) is 1.74. The molecule has 3 aromatic rings. The van der Waals surface area contributed by atoms with Gasteiger partial charge in [0.2, 0.25) is 11.8 Å². The average Bonchev–Trinajstić information content (AvgIpc) is 3.38. The Balaban J connectivity index is 1.37. The molecule has 140 valence electrons. The molecular weight excluding hydrogens is 369 g/mol. The van der Waals surface area contributed by atoms with Gasteiger partial charge >= 0.3 is 0 Å². The second kappa shape index (κ2) is 7.87. The van der Waals surface area contributed by atoms with Crippen molar-refractivity contribution in [1.82, 2.24) is 15.1 Å². The first kappa shape index (κ1) is 17.7. The van der Waals surface area contributed by atoms with Crippen LogP contribution in [0.3, 0.4) is 0 Å². The summed E-state index contributed by atoms with van der Waals surface area (Å²) in [6, 6.07) is 7.70. The monoisotopic (exact) mass is 387 g/mol. The number of hydrogen-bond acceptors (Lipinski definition) is 6. The number of carbonyl (C=O) groups excluding carboxylic acids is 1. The molecule has 1 amide bonds. The van der Waals surface area contributed by atoms with E-state index in [1.807, 2.05) is 16.8 Å². The Labute approximate surface area is 159 Å². The van der Waals surface area contributed by atoms with Crippen LogP contribution in [-0.2, 0) is 4.79 Å². The lowest BCUT2D eigenvalue weighted by atomic mass is 9.98. The molecule has 1 atom stereocenters. The number of likely N-dealkylation sites (tertiary alicyclic amines) is 1. The summed E-state index contributed by atoms with van der Waals surface area (Å²) in [5, 5.41) is 12.2. The lowest BCUT2D eigenvalue weighted by molar-refractivity contribution is -0.134. The fourth-order valence-corrected chi connectivity index (χ4v) is 3.73. The van der Waals surface area contributed by atoms with Crippen molar-refractivity contribution in [1.29, 1.82) is 0 Å². The molecular formula is C19H18FN3O3S. The van der Waals surface area contributed by atoms with E-state index in [1.54, 1.807) is 28.4 Å². The van der Waals surface area contributed by atoms with Gasteiger partial charge in [0.1, 0.15) is 11.6 Å². The van der Waals surface area contributed by atoms with Gasteiger partial charge in [-0.2, -0.15) is 11.3 Å². The van der Waals surface area contributed by atoms with E-state index in [4.69, 9.17) is 9.15 Å². The molecule has 4 rings (SSSR count). The van der Waals surface area contributed by atoms with Crippen LogP contribution in [0.5, 0.6) is 5.75 Å². The molecule has 2 aromatic heterocycles. The maximum Gasteiger partial charge on any atom is 0.260 e. The van der Waals surface area contributed by atoms with Crippen molar-refractivity contribution in [2.45, 2.75) is 18.8 Å². The molecule has 3 heterocycles. The summed E-state index contributed by atoms with van der Waals surface area (Å²) in [5.74, 6) is 0.882. The van der Waals surface area contributed by atoms with Gasteiger partial charge in [0.05, 0.1) is 5.92 Å². The zero-order chi connectivity index (χ0) is 18.6. The van der Waals surface area contributed by atoms with Crippen molar-refractivity contribution in [3.05, 3.63) is 52.8 Å². The summed E-state index contributed by atoms with van der Waals surface area (Å²) in [6.45, 7) is 1.05. The molecule has 0 spiro atoms. The summed E-state index contributed by atoms with van der Waals surface area (Å²) in [4.78, 5) is 14.2. The van der Waals surface area contributed by atoms with Gasteiger partial charge in [0, 0.05) is 30.1 Å². The minimum absolute atomic E-state index is 0.0109. The molecule has 0 N–H and O–H groups in total. The van der Waals surface area contributed by atoms with Crippen molar-refractivity contribution >= 4 is 17.2 Å². The number of aromatic nitrogens is 2. The molecule has 0 radical (unpaired) electrons. The van der Waals surface area contributed by atoms with Crippen molar-refractivity contribution in [2.75, 3.05) is 19.7 Å². The third kappa shape index (κ3) is 4.16. The molecule has 0 bridgehead atoms. The lowest BCUT2D eigenvalue weighted by Crippen LogP contribution is -2.41. The van der Waals surface area contributed by atoms with Gasteiger partial charge < -0.3 is 14.1 Å². The third-order valence-electron chi connectivity index (χ3n) is 4.49. The van der Waals surface area contributed by atoms with Gasteiger partial charge in [-0.1, -0.05) is 6.07 Å². The topological polar surface area (TPSA) is 68.5 Å². The van der Waals surface area contributed by atoms with Crippen LogP contribution in [0.1, 0.15) is 24.7 Å². The van der Waals surface area contributed by atoms with Gasteiger partial charge in [-0.05, 0) is 36.4 Å². The Morgan fingerprint density at radius 3 is 3.11 bits per heavy atom. The molecule has 1 aliphatic heterocycles. The van der Waals surface area contributed by atoms with E-state index in [1.165, 1.54) is 12.1 Å². The van der Waals surface area contributed by atoms with E-state index in [0.29, 0.717) is 30.6 Å². The Bertz CT molecular complexity index is 913. The predicted molar refractivity (Wildman–Crippen MR) is 98.1 cm³/mol. The van der Waals surface area contributed by atoms with Gasteiger partial charge in [-0.3, -0.25) is 4.79 Å². The smallest absolute Gasteiger partial charge is 0.260 e. The van der Waals surface area contributed by atoms with Gasteiger partial charge in [0.25, 0.3) is 5.91 Å². The Morgan fingerprint density at radius 2 is 2.30 bits per heavy atom. The molecule has 6 nitrogen and oxygen atoms in total. The number of rotatable bonds is 5. The van der Waals surface area contributed by atoms with E-state index in [2.05, 4.69) is 10.2 Å². The third-order valence-corrected chi connectivity index (χ3v) is 5.17. The number of piperidine rings is 1. The van der Waals surface area contributed by atoms with Crippen molar-refractivity contribution in [2.24, 2.45) is 0 Å². The number of amides is 1. The van der Waals surface area contributed by atoms with Crippen LogP contribution >= 0.6 is 11.3 Å². The second-order valence-electron chi connectivity index (χ2n) is 6.38. The van der Waals surface area contributed by atoms with Crippen LogP contribution in [0.4, 0.5) is 4.39 Å². The number of halogens is 1. The van der Waals surface area contributed by atoms with Crippen LogP contribution in [0.15, 0.2) is 45.5 Å². The Kier molecular flexibility index (Phi) is 5.15. The van der Waals surface area contributed by atoms with Crippen LogP contribution in [0.2, 0.25) is 0 Å². The van der Waals surface area contributed by atoms with E-state index in [0.717, 1.165) is 18.4 Å². The number of thiophene rings is 1. The van der Waals surface area contributed by atoms with Crippen molar-refractivity contribution in [3.8, 4) is 17.2 Å². The quantitative estimate of drug-likeness (QED) is 0.667. The fraction of sp³-hybridized carbons (Fsp3) is 0.316. The van der Waals surface area contributed by atoms with Crippen LogP contribution < -0.4 is 4.74 Å². The highest BCUT2D eigenvalue weighted by atomic mass is 32.1. The van der Waals surface area contributed by atoms with Crippen LogP contribution in [0.25, 0.3) is 11.5 Å². The standard InChI is InChI=1S/C19H18FN3O3S/c20-15-4-1-5-16(9-15)25-11-17(24)23-7-2-3-13(10-23)18-21-22-19(26-18)14-6-8-27-12-14/h1,4-6,8-9,12-13H,2-3,7,10-11H2. The van der Waals surface area contributed by atoms with Crippen LogP contribution in [-0.4, -0.2) is 40.7 Å². The molecule has 8 heteroatoms. The summed E-state index contributed by atoms with van der Waals surface area (Å²) >= 11 is 1.57.